The average Bonchev–Trinajstić information content (AvgIpc) is 2.59. The maximum atomic E-state index is 11.0. The molecule has 2 heterocycles. The lowest BCUT2D eigenvalue weighted by molar-refractivity contribution is 0.0839. The van der Waals surface area contributed by atoms with Crippen molar-refractivity contribution in [3.8, 4) is 0 Å². The van der Waals surface area contributed by atoms with Crippen molar-refractivity contribution in [3.05, 3.63) is 24.0 Å². The van der Waals surface area contributed by atoms with E-state index in [-0.39, 0.29) is 5.69 Å². The number of carbonyl (C=O) groups excluding carboxylic acids is 1. The van der Waals surface area contributed by atoms with Crippen molar-refractivity contribution in [3.63, 3.8) is 0 Å². The Morgan fingerprint density at radius 2 is 2.44 bits per heavy atom. The van der Waals surface area contributed by atoms with Crippen LogP contribution in [0.3, 0.4) is 0 Å². The lowest BCUT2D eigenvalue weighted by Crippen LogP contribution is -2.29. The van der Waals surface area contributed by atoms with E-state index in [1.165, 1.54) is 0 Å². The molecule has 1 aromatic heterocycles. The molecule has 0 saturated carbocycles. The highest BCUT2D eigenvalue weighted by atomic mass is 16.3. The highest BCUT2D eigenvalue weighted by Crippen LogP contribution is 2.26. The molecule has 86 valence electrons. The van der Waals surface area contributed by atoms with Crippen LogP contribution in [0.2, 0.25) is 0 Å². The number of nitrogens with two attached hydrogens (primary N) is 1. The summed E-state index contributed by atoms with van der Waals surface area (Å²) >= 11 is 0. The molecule has 1 saturated heterocycles. The molecule has 0 aromatic carbocycles. The van der Waals surface area contributed by atoms with Gasteiger partial charge in [0.2, 0.25) is 0 Å². The minimum Gasteiger partial charge on any atom is -0.388 e. The van der Waals surface area contributed by atoms with E-state index in [0.717, 1.165) is 18.7 Å². The van der Waals surface area contributed by atoms with Crippen LogP contribution in [0.5, 0.6) is 0 Å². The first-order chi connectivity index (χ1) is 7.48. The van der Waals surface area contributed by atoms with E-state index in [0.29, 0.717) is 6.54 Å². The van der Waals surface area contributed by atoms with E-state index >= 15 is 0 Å². The van der Waals surface area contributed by atoms with Crippen LogP contribution in [-0.4, -0.2) is 34.7 Å². The van der Waals surface area contributed by atoms with Gasteiger partial charge in [-0.15, -0.1) is 0 Å². The zero-order chi connectivity index (χ0) is 11.8. The molecule has 0 bridgehead atoms. The summed E-state index contributed by atoms with van der Waals surface area (Å²) in [7, 11) is 0. The molecule has 1 unspecified atom stereocenters. The third kappa shape index (κ3) is 2.14. The van der Waals surface area contributed by atoms with Crippen LogP contribution in [0.15, 0.2) is 18.3 Å². The second-order valence-corrected chi connectivity index (χ2v) is 4.43. The Kier molecular flexibility index (Phi) is 2.55. The molecule has 1 atom stereocenters. The minimum absolute atomic E-state index is 0.254. The Bertz CT molecular complexity index is 417. The molecule has 1 amide bonds. The number of hydrogen-bond acceptors (Lipinski definition) is 4. The molecule has 1 aliphatic heterocycles. The third-order valence-corrected chi connectivity index (χ3v) is 2.81. The van der Waals surface area contributed by atoms with Gasteiger partial charge in [-0.05, 0) is 25.5 Å². The van der Waals surface area contributed by atoms with E-state index in [1.807, 2.05) is 17.9 Å². The van der Waals surface area contributed by atoms with Crippen LogP contribution >= 0.6 is 0 Å². The lowest BCUT2D eigenvalue weighted by Gasteiger charge is -2.20. The lowest BCUT2D eigenvalue weighted by atomic mass is 10.1. The minimum atomic E-state index is -0.657. The van der Waals surface area contributed by atoms with Crippen LogP contribution < -0.4 is 10.6 Å². The Hall–Kier alpha value is -1.62. The van der Waals surface area contributed by atoms with Crippen molar-refractivity contribution in [2.24, 2.45) is 5.73 Å². The summed E-state index contributed by atoms with van der Waals surface area (Å²) in [5.41, 5.74) is 5.64. The van der Waals surface area contributed by atoms with Crippen LogP contribution in [0, 0.1) is 0 Å². The predicted octanol–water partition coefficient (Wildman–Crippen LogP) is 0.142. The summed E-state index contributed by atoms with van der Waals surface area (Å²) in [4.78, 5) is 16.9. The number of β-amino-alcohol motifs (C(OH)–C–C–N with tert-alkyl or cyclic N) is 1. The van der Waals surface area contributed by atoms with E-state index in [1.54, 1.807) is 12.3 Å². The first-order valence-electron chi connectivity index (χ1n) is 5.21. The molecule has 0 aliphatic carbocycles. The fourth-order valence-corrected chi connectivity index (χ4v) is 1.92. The van der Waals surface area contributed by atoms with Gasteiger partial charge in [-0.1, -0.05) is 0 Å². The number of amides is 1. The van der Waals surface area contributed by atoms with Gasteiger partial charge in [0.1, 0.15) is 5.69 Å². The van der Waals surface area contributed by atoms with Crippen LogP contribution in [0.25, 0.3) is 0 Å². The number of carbonyl (C=O) groups is 1. The number of rotatable bonds is 2. The molecule has 1 fully saturated rings. The van der Waals surface area contributed by atoms with Crippen molar-refractivity contribution in [2.45, 2.75) is 18.9 Å². The zero-order valence-electron chi connectivity index (χ0n) is 9.18. The predicted molar refractivity (Wildman–Crippen MR) is 60.2 cm³/mol. The molecule has 1 aromatic rings. The molecular formula is C11H15N3O2. The number of aliphatic hydroxyl groups is 1. The number of anilines is 1. The van der Waals surface area contributed by atoms with Gasteiger partial charge in [-0.3, -0.25) is 9.78 Å². The number of nitrogens with zero attached hydrogens (tertiary/aromatic N) is 2. The molecular weight excluding hydrogens is 206 g/mol. The smallest absolute Gasteiger partial charge is 0.267 e. The fraction of sp³-hybridized carbons (Fsp3) is 0.455. The van der Waals surface area contributed by atoms with Crippen molar-refractivity contribution in [2.75, 3.05) is 18.0 Å². The zero-order valence-corrected chi connectivity index (χ0v) is 9.18. The number of pyridine rings is 1. The standard InChI is InChI=1S/C11H15N3O2/c1-11(16)3-5-14(7-11)8-2-4-13-9(6-8)10(12)15/h2,4,6,16H,3,5,7H2,1H3,(H2,12,15). The maximum Gasteiger partial charge on any atom is 0.267 e. The molecule has 5 heteroatoms. The molecule has 3 N–H and O–H groups in total. The largest absolute Gasteiger partial charge is 0.388 e. The first-order valence-corrected chi connectivity index (χ1v) is 5.21. The summed E-state index contributed by atoms with van der Waals surface area (Å²) in [6.45, 7) is 3.15. The summed E-state index contributed by atoms with van der Waals surface area (Å²) in [6.07, 6.45) is 2.28. The molecule has 16 heavy (non-hydrogen) atoms. The number of aromatic nitrogens is 1. The fourth-order valence-electron chi connectivity index (χ4n) is 1.92. The van der Waals surface area contributed by atoms with Crippen LogP contribution in [-0.2, 0) is 0 Å². The molecule has 2 rings (SSSR count). The van der Waals surface area contributed by atoms with Crippen LogP contribution in [0.4, 0.5) is 5.69 Å². The van der Waals surface area contributed by atoms with Gasteiger partial charge in [-0.25, -0.2) is 0 Å². The van der Waals surface area contributed by atoms with E-state index in [2.05, 4.69) is 4.98 Å². The monoisotopic (exact) mass is 221 g/mol. The number of hydrogen-bond donors (Lipinski definition) is 2. The molecule has 5 nitrogen and oxygen atoms in total. The summed E-state index contributed by atoms with van der Waals surface area (Å²) < 4.78 is 0. The first kappa shape index (κ1) is 10.9. The topological polar surface area (TPSA) is 79.4 Å². The quantitative estimate of drug-likeness (QED) is 0.744. The summed E-state index contributed by atoms with van der Waals surface area (Å²) in [5.74, 6) is -0.534. The van der Waals surface area contributed by atoms with E-state index in [4.69, 9.17) is 5.73 Å². The van der Waals surface area contributed by atoms with Gasteiger partial charge in [0, 0.05) is 25.0 Å². The number of primary amides is 1. The highest BCUT2D eigenvalue weighted by Gasteiger charge is 2.31. The second kappa shape index (κ2) is 3.75. The van der Waals surface area contributed by atoms with Crippen molar-refractivity contribution >= 4 is 11.6 Å². The summed E-state index contributed by atoms with van der Waals surface area (Å²) in [5, 5.41) is 9.86. The van der Waals surface area contributed by atoms with Crippen molar-refractivity contribution < 1.29 is 9.90 Å². The van der Waals surface area contributed by atoms with Crippen LogP contribution in [0.1, 0.15) is 23.8 Å². The van der Waals surface area contributed by atoms with Gasteiger partial charge >= 0.3 is 0 Å². The Morgan fingerprint density at radius 3 is 3.00 bits per heavy atom. The molecule has 0 radical (unpaired) electrons. The van der Waals surface area contributed by atoms with E-state index in [9.17, 15) is 9.90 Å². The normalized spacial score (nSPS) is 24.8. The Balaban J connectivity index is 2.22. The average molecular weight is 221 g/mol. The highest BCUT2D eigenvalue weighted by molar-refractivity contribution is 5.91. The van der Waals surface area contributed by atoms with Gasteiger partial charge in [0.05, 0.1) is 5.60 Å². The van der Waals surface area contributed by atoms with Gasteiger partial charge in [0.25, 0.3) is 5.91 Å². The van der Waals surface area contributed by atoms with Crippen molar-refractivity contribution in [1.29, 1.82) is 0 Å². The van der Waals surface area contributed by atoms with Gasteiger partial charge < -0.3 is 15.7 Å². The van der Waals surface area contributed by atoms with E-state index < -0.39 is 11.5 Å². The SMILES string of the molecule is CC1(O)CCN(c2ccnc(C(N)=O)c2)C1. The Labute approximate surface area is 93.9 Å². The third-order valence-electron chi connectivity index (χ3n) is 2.81. The van der Waals surface area contributed by atoms with Crippen molar-refractivity contribution in [1.82, 2.24) is 4.98 Å². The second-order valence-electron chi connectivity index (χ2n) is 4.43. The Morgan fingerprint density at radius 1 is 1.69 bits per heavy atom. The van der Waals surface area contributed by atoms with Gasteiger partial charge in [0.15, 0.2) is 0 Å². The summed E-state index contributed by atoms with van der Waals surface area (Å²) in [6, 6.07) is 3.47. The van der Waals surface area contributed by atoms with Gasteiger partial charge in [-0.2, -0.15) is 0 Å². The maximum absolute atomic E-state index is 11.0. The molecule has 0 spiro atoms. The molecule has 1 aliphatic rings.